The van der Waals surface area contributed by atoms with Crippen molar-refractivity contribution in [3.05, 3.63) is 59.5 Å². The molecule has 32 heavy (non-hydrogen) atoms. The number of pyridine rings is 1. The maximum Gasteiger partial charge on any atom is 0.417 e. The molecule has 1 aromatic carbocycles. The number of alkyl halides is 5. The summed E-state index contributed by atoms with van der Waals surface area (Å²) in [6.07, 6.45) is -5.76. The van der Waals surface area contributed by atoms with Gasteiger partial charge in [-0.1, -0.05) is 37.3 Å². The molecule has 1 amide bonds. The third kappa shape index (κ3) is 5.83. The number of amides is 1. The van der Waals surface area contributed by atoms with Crippen LogP contribution in [-0.2, 0) is 17.5 Å². The van der Waals surface area contributed by atoms with Crippen LogP contribution in [0.5, 0.6) is 0 Å². The molecule has 3 rings (SSSR count). The number of nitrogens with zero attached hydrogens (tertiary/aromatic N) is 2. The minimum Gasteiger partial charge on any atom is -0.445 e. The van der Waals surface area contributed by atoms with Crippen LogP contribution in [0.3, 0.4) is 0 Å². The summed E-state index contributed by atoms with van der Waals surface area (Å²) in [5, 5.41) is 2.53. The molecule has 5 nitrogen and oxygen atoms in total. The number of carbonyl (C=O) groups excluding carboxylic acids is 1. The van der Waals surface area contributed by atoms with Gasteiger partial charge in [0.15, 0.2) is 11.6 Å². The predicted octanol–water partition coefficient (Wildman–Crippen LogP) is 5.33. The number of hydrogen-bond donors (Lipinski definition) is 1. The zero-order chi connectivity index (χ0) is 23.5. The fourth-order valence-corrected chi connectivity index (χ4v) is 3.58. The van der Waals surface area contributed by atoms with Crippen molar-refractivity contribution in [2.24, 2.45) is 5.92 Å². The lowest BCUT2D eigenvalue weighted by atomic mass is 9.88. The summed E-state index contributed by atoms with van der Waals surface area (Å²) in [5.41, 5.74) is -0.583. The number of halogens is 6. The van der Waals surface area contributed by atoms with E-state index in [1.165, 1.54) is 6.92 Å². The van der Waals surface area contributed by atoms with Gasteiger partial charge < -0.3 is 10.1 Å². The minimum absolute atomic E-state index is 0.120. The summed E-state index contributed by atoms with van der Waals surface area (Å²) >= 11 is 0. The van der Waals surface area contributed by atoms with E-state index < -0.39 is 60.3 Å². The van der Waals surface area contributed by atoms with Gasteiger partial charge in [-0.3, -0.25) is 4.90 Å². The molecule has 2 heterocycles. The number of benzene rings is 1. The molecule has 0 radical (unpaired) electrons. The third-order valence-corrected chi connectivity index (χ3v) is 5.17. The van der Waals surface area contributed by atoms with E-state index in [1.807, 2.05) is 0 Å². The van der Waals surface area contributed by atoms with Crippen LogP contribution in [0.25, 0.3) is 0 Å². The lowest BCUT2D eigenvalue weighted by Crippen LogP contribution is -2.57. The monoisotopic (exact) mass is 461 g/mol. The van der Waals surface area contributed by atoms with Gasteiger partial charge in [-0.25, -0.2) is 22.9 Å². The van der Waals surface area contributed by atoms with Crippen molar-refractivity contribution >= 4 is 11.9 Å². The van der Waals surface area contributed by atoms with Crippen molar-refractivity contribution < 1.29 is 35.9 Å². The van der Waals surface area contributed by atoms with Crippen LogP contribution in [0.4, 0.5) is 37.0 Å². The van der Waals surface area contributed by atoms with Crippen LogP contribution in [0.15, 0.2) is 42.6 Å². The van der Waals surface area contributed by atoms with Gasteiger partial charge in [0.05, 0.1) is 18.2 Å². The molecule has 2 atom stereocenters. The van der Waals surface area contributed by atoms with Gasteiger partial charge in [-0.15, -0.1) is 0 Å². The first kappa shape index (κ1) is 23.7. The molecule has 1 N–H and O–H groups in total. The Hall–Kier alpha value is -2.98. The van der Waals surface area contributed by atoms with E-state index >= 15 is 0 Å². The molecule has 1 aromatic heterocycles. The number of carbonyl (C=O) groups is 1. The smallest absolute Gasteiger partial charge is 0.417 e. The molecule has 0 aliphatic carbocycles. The Morgan fingerprint density at radius 1 is 1.28 bits per heavy atom. The lowest BCUT2D eigenvalue weighted by Gasteiger charge is -2.42. The van der Waals surface area contributed by atoms with Gasteiger partial charge in [0, 0.05) is 19.2 Å². The molecule has 0 bridgehead atoms. The molecule has 1 fully saturated rings. The summed E-state index contributed by atoms with van der Waals surface area (Å²) in [7, 11) is 0. The van der Waals surface area contributed by atoms with Crippen molar-refractivity contribution in [2.45, 2.75) is 38.1 Å². The molecule has 1 saturated heterocycles. The lowest BCUT2D eigenvalue weighted by molar-refractivity contribution is -0.138. The van der Waals surface area contributed by atoms with Crippen LogP contribution >= 0.6 is 0 Å². The van der Waals surface area contributed by atoms with Gasteiger partial charge in [-0.05, 0) is 17.5 Å². The quantitative estimate of drug-likeness (QED) is 0.612. The molecule has 2 aromatic rings. The fourth-order valence-electron chi connectivity index (χ4n) is 3.58. The topological polar surface area (TPSA) is 54.5 Å². The summed E-state index contributed by atoms with van der Waals surface area (Å²) in [6, 6.07) is 8.13. The van der Waals surface area contributed by atoms with Gasteiger partial charge in [-0.2, -0.15) is 13.2 Å². The van der Waals surface area contributed by atoms with E-state index in [2.05, 4.69) is 10.3 Å². The van der Waals surface area contributed by atoms with Crippen molar-refractivity contribution in [1.82, 2.24) is 9.88 Å². The number of anilines is 1. The molecule has 11 heteroatoms. The van der Waals surface area contributed by atoms with E-state index in [9.17, 15) is 31.1 Å². The maximum absolute atomic E-state index is 14.1. The third-order valence-electron chi connectivity index (χ3n) is 5.17. The van der Waals surface area contributed by atoms with Crippen LogP contribution < -0.4 is 5.32 Å². The Morgan fingerprint density at radius 2 is 1.97 bits per heavy atom. The van der Waals surface area contributed by atoms with E-state index in [-0.39, 0.29) is 13.2 Å². The summed E-state index contributed by atoms with van der Waals surface area (Å²) in [4.78, 5) is 16.9. The van der Waals surface area contributed by atoms with Crippen LogP contribution in [0, 0.1) is 11.7 Å². The van der Waals surface area contributed by atoms with Crippen LogP contribution in [0.1, 0.15) is 24.5 Å². The second-order valence-electron chi connectivity index (χ2n) is 7.71. The van der Waals surface area contributed by atoms with Gasteiger partial charge in [0.25, 0.3) is 5.92 Å². The second-order valence-corrected chi connectivity index (χ2v) is 7.71. The van der Waals surface area contributed by atoms with E-state index in [4.69, 9.17) is 4.74 Å². The molecule has 1 aliphatic rings. The highest BCUT2D eigenvalue weighted by Crippen LogP contribution is 2.35. The highest BCUT2D eigenvalue weighted by Gasteiger charge is 2.46. The van der Waals surface area contributed by atoms with E-state index in [0.717, 1.165) is 4.90 Å². The van der Waals surface area contributed by atoms with Crippen molar-refractivity contribution in [1.29, 1.82) is 0 Å². The maximum atomic E-state index is 14.1. The van der Waals surface area contributed by atoms with Gasteiger partial charge >= 0.3 is 12.3 Å². The average Bonchev–Trinajstić information content (AvgIpc) is 2.71. The second kappa shape index (κ2) is 9.25. The molecular weight excluding hydrogens is 440 g/mol. The first-order chi connectivity index (χ1) is 15.0. The summed E-state index contributed by atoms with van der Waals surface area (Å²) < 4.78 is 85.6. The molecule has 1 aliphatic heterocycles. The van der Waals surface area contributed by atoms with Crippen LogP contribution in [0.2, 0.25) is 0 Å². The zero-order valence-corrected chi connectivity index (χ0v) is 17.0. The number of aromatic nitrogens is 1. The highest BCUT2D eigenvalue weighted by atomic mass is 19.4. The number of hydrogen-bond acceptors (Lipinski definition) is 4. The normalized spacial score (nSPS) is 20.7. The molecule has 0 saturated carbocycles. The Balaban J connectivity index is 1.71. The predicted molar refractivity (Wildman–Crippen MR) is 104 cm³/mol. The SMILES string of the molecule is CC1CC(F)(F)CN(C(=O)OCc2ccccc2)C1CNc1ncc(C(F)(F)F)cc1F. The van der Waals surface area contributed by atoms with Crippen LogP contribution in [-0.4, -0.2) is 41.0 Å². The van der Waals surface area contributed by atoms with Gasteiger partial charge in [0.1, 0.15) is 6.61 Å². The number of nitrogens with one attached hydrogen (secondary N) is 1. The first-order valence-electron chi connectivity index (χ1n) is 9.78. The van der Waals surface area contributed by atoms with E-state index in [1.54, 1.807) is 30.3 Å². The average molecular weight is 461 g/mol. The van der Waals surface area contributed by atoms with Crippen molar-refractivity contribution in [2.75, 3.05) is 18.4 Å². The van der Waals surface area contributed by atoms with E-state index in [0.29, 0.717) is 17.8 Å². The largest absolute Gasteiger partial charge is 0.445 e. The summed E-state index contributed by atoms with van der Waals surface area (Å²) in [6.45, 7) is 0.298. The number of ether oxygens (including phenoxy) is 1. The number of rotatable bonds is 5. The fraction of sp³-hybridized carbons (Fsp3) is 0.429. The van der Waals surface area contributed by atoms with Crippen molar-refractivity contribution in [3.8, 4) is 0 Å². The molecule has 0 spiro atoms. The van der Waals surface area contributed by atoms with Gasteiger partial charge in [0.2, 0.25) is 0 Å². The molecule has 2 unspecified atom stereocenters. The standard InChI is InChI=1S/C21H21F6N3O2/c1-13-8-20(23,24)12-30(19(31)32-11-14-5-3-2-4-6-14)17(13)10-29-18-16(22)7-15(9-28-18)21(25,26)27/h2-7,9,13,17H,8,10-12H2,1H3,(H,28,29). The first-order valence-corrected chi connectivity index (χ1v) is 9.78. The summed E-state index contributed by atoms with van der Waals surface area (Å²) in [5.74, 6) is -5.56. The molecular formula is C21H21F6N3O2. The molecule has 174 valence electrons. The minimum atomic E-state index is -4.75. The highest BCUT2D eigenvalue weighted by molar-refractivity contribution is 5.68. The van der Waals surface area contributed by atoms with Crippen molar-refractivity contribution in [3.63, 3.8) is 0 Å². The number of likely N-dealkylation sites (tertiary alicyclic amines) is 1. The Morgan fingerprint density at radius 3 is 2.59 bits per heavy atom. The Bertz CT molecular complexity index is 939. The Kier molecular flexibility index (Phi) is 6.85. The number of piperidine rings is 1. The zero-order valence-electron chi connectivity index (χ0n) is 17.0. The Labute approximate surface area is 180 Å².